The highest BCUT2D eigenvalue weighted by atomic mass is 19.1. The number of allylic oxidation sites excluding steroid dienone is 2. The Labute approximate surface area is 193 Å². The number of nitrogens with one attached hydrogen (secondary N) is 3. The van der Waals surface area contributed by atoms with Crippen molar-refractivity contribution in [3.63, 3.8) is 0 Å². The summed E-state index contributed by atoms with van der Waals surface area (Å²) in [7, 11) is 1.32. The fraction of sp³-hybridized carbons (Fsp3) is 0.280. The van der Waals surface area contributed by atoms with Crippen molar-refractivity contribution in [1.82, 2.24) is 0 Å². The first kappa shape index (κ1) is 24.2. The van der Waals surface area contributed by atoms with Gasteiger partial charge in [0.15, 0.2) is 5.76 Å². The van der Waals surface area contributed by atoms with Gasteiger partial charge in [0, 0.05) is 31.6 Å². The van der Waals surface area contributed by atoms with E-state index in [0.29, 0.717) is 18.9 Å². The number of carbonyl (C=O) groups excluding carboxylic acids is 1. The minimum Gasteiger partial charge on any atom is -0.491 e. The van der Waals surface area contributed by atoms with Crippen LogP contribution in [0.1, 0.15) is 24.3 Å². The molecule has 0 spiro atoms. The minimum absolute atomic E-state index is 0.134. The lowest BCUT2D eigenvalue weighted by Gasteiger charge is -2.22. The van der Waals surface area contributed by atoms with Crippen LogP contribution in [0.5, 0.6) is 0 Å². The Balaban J connectivity index is 1.71. The maximum Gasteiger partial charge on any atom is 0.248 e. The van der Waals surface area contributed by atoms with Gasteiger partial charge in [-0.25, -0.2) is 4.39 Å². The molecule has 0 unspecified atom stereocenters. The highest BCUT2D eigenvalue weighted by molar-refractivity contribution is 6.50. The van der Waals surface area contributed by atoms with E-state index in [1.165, 1.54) is 19.4 Å². The number of Topliss-reactive ketones (excluding diaryl/α,β-unsaturated/α-hetero) is 1. The van der Waals surface area contributed by atoms with Gasteiger partial charge >= 0.3 is 0 Å². The van der Waals surface area contributed by atoms with Gasteiger partial charge in [-0.2, -0.15) is 0 Å². The Bertz CT molecular complexity index is 1030. The summed E-state index contributed by atoms with van der Waals surface area (Å²) >= 11 is 0. The molecular formula is C25H29FN4O3. The van der Waals surface area contributed by atoms with Gasteiger partial charge in [0.1, 0.15) is 11.5 Å². The molecule has 0 aliphatic carbocycles. The van der Waals surface area contributed by atoms with Crippen molar-refractivity contribution in [3.05, 3.63) is 83.6 Å². The fourth-order valence-electron chi connectivity index (χ4n) is 3.55. The molecule has 5 N–H and O–H groups in total. The van der Waals surface area contributed by atoms with Gasteiger partial charge in [-0.05, 0) is 54.7 Å². The second-order valence-corrected chi connectivity index (χ2v) is 7.53. The summed E-state index contributed by atoms with van der Waals surface area (Å²) in [5.41, 5.74) is 7.39. The Kier molecular flexibility index (Phi) is 8.74. The predicted octanol–water partition coefficient (Wildman–Crippen LogP) is 4.16. The van der Waals surface area contributed by atoms with E-state index in [9.17, 15) is 9.18 Å². The van der Waals surface area contributed by atoms with Gasteiger partial charge in [-0.3, -0.25) is 10.2 Å². The van der Waals surface area contributed by atoms with Crippen LogP contribution in [0.25, 0.3) is 0 Å². The van der Waals surface area contributed by atoms with Gasteiger partial charge in [0.25, 0.3) is 0 Å². The molecule has 2 aromatic rings. The van der Waals surface area contributed by atoms with Crippen LogP contribution in [0.15, 0.2) is 72.3 Å². The van der Waals surface area contributed by atoms with E-state index >= 15 is 0 Å². The molecule has 1 saturated heterocycles. The van der Waals surface area contributed by atoms with Crippen LogP contribution in [-0.4, -0.2) is 38.4 Å². The highest BCUT2D eigenvalue weighted by Crippen LogP contribution is 2.29. The van der Waals surface area contributed by atoms with Crippen molar-refractivity contribution < 1.29 is 18.7 Å². The molecule has 1 aliphatic rings. The Morgan fingerprint density at radius 2 is 1.97 bits per heavy atom. The number of rotatable bonds is 10. The third kappa shape index (κ3) is 6.50. The smallest absolute Gasteiger partial charge is 0.248 e. The lowest BCUT2D eigenvalue weighted by atomic mass is 9.91. The van der Waals surface area contributed by atoms with E-state index in [1.54, 1.807) is 12.1 Å². The van der Waals surface area contributed by atoms with Gasteiger partial charge in [0.05, 0.1) is 18.5 Å². The average Bonchev–Trinajstić information content (AvgIpc) is 2.85. The van der Waals surface area contributed by atoms with E-state index < -0.39 is 11.6 Å². The maximum atomic E-state index is 14.7. The molecule has 0 saturated carbocycles. The lowest BCUT2D eigenvalue weighted by Crippen LogP contribution is -2.24. The molecular weight excluding hydrogens is 423 g/mol. The fourth-order valence-corrected chi connectivity index (χ4v) is 3.55. The molecule has 1 fully saturated rings. The third-order valence-electron chi connectivity index (χ3n) is 5.36. The molecule has 0 amide bonds. The van der Waals surface area contributed by atoms with Crippen LogP contribution >= 0.6 is 0 Å². The number of carbonyl (C=O) groups is 1. The van der Waals surface area contributed by atoms with Crippen LogP contribution in [0.2, 0.25) is 0 Å². The van der Waals surface area contributed by atoms with E-state index in [4.69, 9.17) is 20.6 Å². The molecule has 33 heavy (non-hydrogen) atoms. The van der Waals surface area contributed by atoms with Crippen LogP contribution in [0.3, 0.4) is 0 Å². The number of anilines is 2. The SMILES string of the molecule is CO/C(=C/Nc1ccc(C2CCOCC2)cc1F)C(=O)C(=N)/C(=C/CN)Nc1ccccc1. The van der Waals surface area contributed by atoms with Gasteiger partial charge in [0.2, 0.25) is 5.78 Å². The van der Waals surface area contributed by atoms with Crippen LogP contribution in [-0.2, 0) is 14.3 Å². The van der Waals surface area contributed by atoms with E-state index in [1.807, 2.05) is 36.4 Å². The molecule has 7 nitrogen and oxygen atoms in total. The monoisotopic (exact) mass is 452 g/mol. The first-order chi connectivity index (χ1) is 16.0. The van der Waals surface area contributed by atoms with Gasteiger partial charge in [-0.1, -0.05) is 24.3 Å². The lowest BCUT2D eigenvalue weighted by molar-refractivity contribution is -0.112. The van der Waals surface area contributed by atoms with Crippen molar-refractivity contribution in [2.45, 2.75) is 18.8 Å². The van der Waals surface area contributed by atoms with Crippen LogP contribution < -0.4 is 16.4 Å². The van der Waals surface area contributed by atoms with E-state index in [0.717, 1.165) is 18.4 Å². The second kappa shape index (κ2) is 11.9. The number of hydrogen-bond donors (Lipinski definition) is 4. The molecule has 1 aliphatic heterocycles. The van der Waals surface area contributed by atoms with Crippen LogP contribution in [0.4, 0.5) is 15.8 Å². The molecule has 8 heteroatoms. The summed E-state index contributed by atoms with van der Waals surface area (Å²) in [6.45, 7) is 1.50. The molecule has 0 bridgehead atoms. The summed E-state index contributed by atoms with van der Waals surface area (Å²) in [6.07, 6.45) is 4.53. The van der Waals surface area contributed by atoms with Crippen molar-refractivity contribution >= 4 is 22.9 Å². The van der Waals surface area contributed by atoms with Crippen molar-refractivity contribution in [1.29, 1.82) is 5.41 Å². The topological polar surface area (TPSA) is 109 Å². The predicted molar refractivity (Wildman–Crippen MR) is 128 cm³/mol. The zero-order valence-electron chi connectivity index (χ0n) is 18.6. The Morgan fingerprint density at radius 1 is 1.24 bits per heavy atom. The first-order valence-corrected chi connectivity index (χ1v) is 10.8. The van der Waals surface area contributed by atoms with Crippen molar-refractivity contribution in [2.24, 2.45) is 5.73 Å². The molecule has 0 radical (unpaired) electrons. The zero-order chi connectivity index (χ0) is 23.6. The maximum absolute atomic E-state index is 14.7. The minimum atomic E-state index is -0.674. The highest BCUT2D eigenvalue weighted by Gasteiger charge is 2.21. The number of nitrogens with two attached hydrogens (primary N) is 1. The largest absolute Gasteiger partial charge is 0.491 e. The van der Waals surface area contributed by atoms with Crippen molar-refractivity contribution in [3.8, 4) is 0 Å². The van der Waals surface area contributed by atoms with E-state index in [2.05, 4.69) is 10.6 Å². The standard InChI is InChI=1S/C25H29FN4O3/c1-32-23(25(31)24(28)22(9-12-27)30-19-5-3-2-4-6-19)16-29-21-8-7-18(15-20(21)26)17-10-13-33-14-11-17/h2-9,15-17,28-30H,10-14,27H2,1H3/b22-9-,23-16+,28-24?. The van der Waals surface area contributed by atoms with Gasteiger partial charge in [-0.15, -0.1) is 0 Å². The molecule has 2 aromatic carbocycles. The van der Waals surface area contributed by atoms with Crippen molar-refractivity contribution in [2.75, 3.05) is 37.5 Å². The number of methoxy groups -OCH3 is 1. The number of para-hydroxylation sites is 1. The van der Waals surface area contributed by atoms with Gasteiger partial charge < -0.3 is 25.8 Å². The summed E-state index contributed by atoms with van der Waals surface area (Å²) in [5, 5.41) is 14.1. The quantitative estimate of drug-likeness (QED) is 0.245. The molecule has 0 aromatic heterocycles. The normalized spacial score (nSPS) is 15.1. The summed E-state index contributed by atoms with van der Waals surface area (Å²) in [5.74, 6) is -0.958. The summed E-state index contributed by atoms with van der Waals surface area (Å²) in [4.78, 5) is 12.9. The number of hydrogen-bond acceptors (Lipinski definition) is 7. The number of ketones is 1. The molecule has 174 valence electrons. The first-order valence-electron chi connectivity index (χ1n) is 10.8. The average molecular weight is 453 g/mol. The number of benzene rings is 2. The third-order valence-corrected chi connectivity index (χ3v) is 5.36. The zero-order valence-corrected chi connectivity index (χ0v) is 18.6. The van der Waals surface area contributed by atoms with E-state index in [-0.39, 0.29) is 35.3 Å². The second-order valence-electron chi connectivity index (χ2n) is 7.53. The molecule has 0 atom stereocenters. The molecule has 1 heterocycles. The number of ether oxygens (including phenoxy) is 2. The molecule has 3 rings (SSSR count). The number of halogens is 1. The summed E-state index contributed by atoms with van der Waals surface area (Å²) < 4.78 is 25.2. The Morgan fingerprint density at radius 3 is 2.61 bits per heavy atom. The summed E-state index contributed by atoms with van der Waals surface area (Å²) in [6, 6.07) is 14.2. The Hall–Kier alpha value is -3.49. The van der Waals surface area contributed by atoms with Crippen LogP contribution in [0, 0.1) is 11.2 Å².